The molecule has 6 unspecified atom stereocenters. The molecule has 0 aromatic heterocycles. The number of carbonyl (C=O) groups excluding carboxylic acids is 1. The molecule has 1 aliphatic heterocycles. The number of rotatable bonds is 12. The summed E-state index contributed by atoms with van der Waals surface area (Å²) in [5.41, 5.74) is 0. The molecule has 0 spiro atoms. The zero-order chi connectivity index (χ0) is 21.6. The Morgan fingerprint density at radius 2 is 1.72 bits per heavy atom. The molecule has 1 saturated heterocycles. The van der Waals surface area contributed by atoms with Crippen LogP contribution in [0.25, 0.3) is 0 Å². The Hall–Kier alpha value is 0.864. The van der Waals surface area contributed by atoms with Crippen molar-refractivity contribution in [3.8, 4) is 0 Å². The second-order valence-electron chi connectivity index (χ2n) is 5.33. The van der Waals surface area contributed by atoms with Crippen molar-refractivity contribution in [1.29, 1.82) is 0 Å². The molecule has 15 nitrogen and oxygen atoms in total. The summed E-state index contributed by atoms with van der Waals surface area (Å²) in [4.78, 5) is 39.6. The number of phosphoric ester groups is 2. The van der Waals surface area contributed by atoms with Crippen LogP contribution in [0.3, 0.4) is 0 Å². The molecule has 1 amide bonds. The molecular formula is C10H22N2O13P3Y-. The number of aliphatic hydroxyl groups is 1. The van der Waals surface area contributed by atoms with Crippen LogP contribution >= 0.6 is 23.5 Å². The SMILES string of the molecule is CNC(C)C(=O)NCOP(=O)(O)OP(=O)(O)OP(=O)(O)OCC1O[CH-]CC1O.[Y]. The van der Waals surface area contributed by atoms with E-state index in [9.17, 15) is 38.3 Å². The fourth-order valence-corrected chi connectivity index (χ4v) is 5.04. The molecule has 1 fully saturated rings. The molecule has 1 aliphatic rings. The molecule has 0 saturated carbocycles. The molecule has 1 radical (unpaired) electrons. The van der Waals surface area contributed by atoms with Gasteiger partial charge in [0, 0.05) is 32.7 Å². The van der Waals surface area contributed by atoms with Crippen molar-refractivity contribution < 1.29 is 93.4 Å². The number of amides is 1. The number of phosphoric acid groups is 3. The summed E-state index contributed by atoms with van der Waals surface area (Å²) in [6.45, 7) is 1.15. The summed E-state index contributed by atoms with van der Waals surface area (Å²) in [6.07, 6.45) is -1.90. The second-order valence-corrected chi connectivity index (χ2v) is 9.97. The first kappa shape index (κ1) is 29.9. The summed E-state index contributed by atoms with van der Waals surface area (Å²) < 4.78 is 56.1. The smallest absolute Gasteiger partial charge is 0.490 e. The van der Waals surface area contributed by atoms with E-state index in [1.807, 2.05) is 0 Å². The van der Waals surface area contributed by atoms with Crippen LogP contribution in [-0.4, -0.2) is 64.3 Å². The van der Waals surface area contributed by atoms with Gasteiger partial charge in [0.05, 0.1) is 24.9 Å². The van der Waals surface area contributed by atoms with Gasteiger partial charge in [0.2, 0.25) is 5.91 Å². The summed E-state index contributed by atoms with van der Waals surface area (Å²) in [7, 11) is -14.7. The minimum absolute atomic E-state index is 0. The average Bonchev–Trinajstić information content (AvgIpc) is 2.94. The molecule has 1 heterocycles. The van der Waals surface area contributed by atoms with Crippen LogP contribution < -0.4 is 10.6 Å². The van der Waals surface area contributed by atoms with Crippen molar-refractivity contribution >= 4 is 29.4 Å². The van der Waals surface area contributed by atoms with Crippen molar-refractivity contribution in [3.05, 3.63) is 6.61 Å². The Kier molecular flexibility index (Phi) is 13.2. The minimum Gasteiger partial charge on any atom is -0.546 e. The van der Waals surface area contributed by atoms with Crippen molar-refractivity contribution in [2.45, 2.75) is 31.6 Å². The van der Waals surface area contributed by atoms with Crippen molar-refractivity contribution in [1.82, 2.24) is 10.6 Å². The van der Waals surface area contributed by atoms with E-state index in [1.54, 1.807) is 0 Å². The van der Waals surface area contributed by atoms with E-state index < -0.39 is 61.0 Å². The number of hydrogen-bond acceptors (Lipinski definition) is 11. The van der Waals surface area contributed by atoms with Crippen molar-refractivity contribution in [2.24, 2.45) is 0 Å². The van der Waals surface area contributed by atoms with Crippen molar-refractivity contribution in [2.75, 3.05) is 20.4 Å². The number of likely N-dealkylation sites (N-methyl/N-ethyl adjacent to an activating group) is 1. The van der Waals surface area contributed by atoms with E-state index in [0.29, 0.717) is 0 Å². The molecule has 0 aliphatic carbocycles. The number of nitrogens with one attached hydrogen (secondary N) is 2. The van der Waals surface area contributed by atoms with Gasteiger partial charge in [-0.15, -0.1) is 6.42 Å². The van der Waals surface area contributed by atoms with E-state index in [4.69, 9.17) is 4.74 Å². The van der Waals surface area contributed by atoms with Crippen molar-refractivity contribution in [3.63, 3.8) is 0 Å². The van der Waals surface area contributed by atoms with E-state index in [-0.39, 0.29) is 39.1 Å². The third kappa shape index (κ3) is 11.9. The van der Waals surface area contributed by atoms with Gasteiger partial charge in [-0.2, -0.15) is 8.62 Å². The molecule has 169 valence electrons. The largest absolute Gasteiger partial charge is 0.546 e. The first-order chi connectivity index (χ1) is 12.8. The zero-order valence-electron chi connectivity index (χ0n) is 15.3. The second kappa shape index (κ2) is 12.8. The van der Waals surface area contributed by atoms with E-state index >= 15 is 0 Å². The first-order valence-corrected chi connectivity index (χ1v) is 12.1. The van der Waals surface area contributed by atoms with Crippen LogP contribution in [0, 0.1) is 6.61 Å². The van der Waals surface area contributed by atoms with Gasteiger partial charge in [-0.1, -0.05) is 0 Å². The number of ether oxygens (including phenoxy) is 1. The van der Waals surface area contributed by atoms with Gasteiger partial charge in [0.25, 0.3) is 0 Å². The van der Waals surface area contributed by atoms with Gasteiger partial charge >= 0.3 is 23.5 Å². The molecule has 19 heteroatoms. The minimum atomic E-state index is -5.61. The summed E-state index contributed by atoms with van der Waals surface area (Å²) in [6, 6.07) is -0.660. The maximum absolute atomic E-state index is 11.7. The normalized spacial score (nSPS) is 26.4. The molecule has 0 aromatic rings. The Morgan fingerprint density at radius 3 is 2.21 bits per heavy atom. The standard InChI is InChI=1S/C10H22N2O13P3.Y/c1-7(11-2)10(14)12-6-23-27(17,18)25-28(19,20)24-26(15,16)22-5-9-8(13)3-4-21-9;/h4,7-9,11,13H,3,5-6H2,1-2H3,(H,12,14)(H,15,16)(H,17,18)(H,19,20);/q-1;. The van der Waals surface area contributed by atoms with Gasteiger partial charge in [-0.3, -0.25) is 13.8 Å². The van der Waals surface area contributed by atoms with Crippen LogP contribution in [0.5, 0.6) is 0 Å². The molecule has 0 bridgehead atoms. The van der Waals surface area contributed by atoms with Crippen LogP contribution in [0.2, 0.25) is 0 Å². The molecule has 1 rings (SSSR count). The van der Waals surface area contributed by atoms with Crippen LogP contribution in [0.4, 0.5) is 0 Å². The fourth-order valence-electron chi connectivity index (χ4n) is 1.63. The van der Waals surface area contributed by atoms with Gasteiger partial charge in [0.1, 0.15) is 6.73 Å². The summed E-state index contributed by atoms with van der Waals surface area (Å²) in [5, 5.41) is 14.1. The van der Waals surface area contributed by atoms with Crippen LogP contribution in [0.15, 0.2) is 0 Å². The van der Waals surface area contributed by atoms with E-state index in [0.717, 1.165) is 0 Å². The predicted octanol–water partition coefficient (Wildman–Crippen LogP) is -0.655. The Balaban J connectivity index is 0.00000784. The van der Waals surface area contributed by atoms with Crippen LogP contribution in [-0.2, 0) is 73.6 Å². The monoisotopic (exact) mass is 560 g/mol. The predicted molar refractivity (Wildman–Crippen MR) is 90.0 cm³/mol. The van der Waals surface area contributed by atoms with Gasteiger partial charge in [-0.25, -0.2) is 20.3 Å². The summed E-state index contributed by atoms with van der Waals surface area (Å²) >= 11 is 0. The maximum Gasteiger partial charge on any atom is 0.490 e. The maximum atomic E-state index is 11.7. The molecule has 6 N–H and O–H groups in total. The van der Waals surface area contributed by atoms with E-state index in [1.165, 1.54) is 20.6 Å². The average molecular weight is 560 g/mol. The number of aliphatic hydroxyl groups excluding tert-OH is 1. The van der Waals surface area contributed by atoms with Crippen LogP contribution in [0.1, 0.15) is 13.3 Å². The van der Waals surface area contributed by atoms with Gasteiger partial charge < -0.3 is 35.2 Å². The number of carbonyl (C=O) groups is 1. The molecular weight excluding hydrogens is 538 g/mol. The molecule has 29 heavy (non-hydrogen) atoms. The topological polar surface area (TPSA) is 219 Å². The third-order valence-corrected chi connectivity index (χ3v) is 7.39. The van der Waals surface area contributed by atoms with E-state index in [2.05, 4.69) is 28.3 Å². The Labute approximate surface area is 191 Å². The first-order valence-electron chi connectivity index (χ1n) is 7.57. The fraction of sp³-hybridized carbons (Fsp3) is 0.800. The number of hydrogen-bond donors (Lipinski definition) is 6. The summed E-state index contributed by atoms with van der Waals surface area (Å²) in [5.74, 6) is -0.618. The van der Waals surface area contributed by atoms with Gasteiger partial charge in [0.15, 0.2) is 0 Å². The third-order valence-electron chi connectivity index (χ3n) is 3.15. The Bertz CT molecular complexity index is 681. The van der Waals surface area contributed by atoms with Gasteiger partial charge in [-0.05, 0) is 14.0 Å². The molecule has 6 atom stereocenters. The zero-order valence-corrected chi connectivity index (χ0v) is 20.8. The molecule has 0 aromatic carbocycles. The Morgan fingerprint density at radius 1 is 1.17 bits per heavy atom. The quantitative estimate of drug-likeness (QED) is 0.0993.